The van der Waals surface area contributed by atoms with Gasteiger partial charge in [0, 0.05) is 38.3 Å². The van der Waals surface area contributed by atoms with Gasteiger partial charge in [-0.2, -0.15) is 0 Å². The molecule has 1 aliphatic carbocycles. The molecule has 0 radical (unpaired) electrons. The SMILES string of the molecule is CNC1=C(C(=O)c2cccc([N-]C(=O)COCC(=O)NCCCCCC=O)c2)CCCC1.[HH].[Rb+]. The number of ketones is 1. The number of allylic oxidation sites excluding steroid dienone is 2. The van der Waals surface area contributed by atoms with Crippen molar-refractivity contribution >= 4 is 29.6 Å². The Hall–Kier alpha value is -1.19. The Balaban J connectivity index is 0.00000544. The van der Waals surface area contributed by atoms with Crippen LogP contribution in [0.1, 0.15) is 63.2 Å². The van der Waals surface area contributed by atoms with Crippen molar-refractivity contribution in [2.24, 2.45) is 0 Å². The van der Waals surface area contributed by atoms with Gasteiger partial charge in [-0.1, -0.05) is 30.7 Å². The van der Waals surface area contributed by atoms with Crippen LogP contribution in [0.15, 0.2) is 35.5 Å². The number of ether oxygens (including phenoxy) is 1. The van der Waals surface area contributed by atoms with Gasteiger partial charge in [-0.25, -0.2) is 0 Å². The number of nitrogens with zero attached hydrogens (tertiary/aromatic N) is 1. The first kappa shape index (κ1) is 29.8. The third kappa shape index (κ3) is 11.2. The van der Waals surface area contributed by atoms with Crippen molar-refractivity contribution in [2.45, 2.75) is 51.4 Å². The number of carbonyl (C=O) groups excluding carboxylic acids is 4. The first-order chi connectivity index (χ1) is 15.5. The number of amides is 2. The molecule has 1 aliphatic rings. The van der Waals surface area contributed by atoms with E-state index < -0.39 is 5.91 Å². The molecule has 0 unspecified atom stereocenters. The number of hydrogen-bond donors (Lipinski definition) is 2. The molecule has 0 aliphatic heterocycles. The predicted molar refractivity (Wildman–Crippen MR) is 124 cm³/mol. The largest absolute Gasteiger partial charge is 1.00 e. The maximum absolute atomic E-state index is 12.9. The quantitative estimate of drug-likeness (QED) is 0.207. The molecule has 9 heteroatoms. The molecule has 0 heterocycles. The molecule has 0 spiro atoms. The van der Waals surface area contributed by atoms with Gasteiger partial charge in [0.1, 0.15) is 12.9 Å². The molecule has 0 saturated carbocycles. The first-order valence-corrected chi connectivity index (χ1v) is 11.1. The summed E-state index contributed by atoms with van der Waals surface area (Å²) in [5.41, 5.74) is 2.65. The topological polar surface area (TPSA) is 116 Å². The van der Waals surface area contributed by atoms with Crippen LogP contribution in [0.25, 0.3) is 5.32 Å². The molecule has 0 bridgehead atoms. The van der Waals surface area contributed by atoms with E-state index in [0.29, 0.717) is 24.2 Å². The second-order valence-corrected chi connectivity index (χ2v) is 7.66. The van der Waals surface area contributed by atoms with Gasteiger partial charge in [0.05, 0.1) is 12.5 Å². The van der Waals surface area contributed by atoms with E-state index in [1.54, 1.807) is 24.3 Å². The third-order valence-corrected chi connectivity index (χ3v) is 5.19. The van der Waals surface area contributed by atoms with Gasteiger partial charge in [-0.05, 0) is 38.5 Å². The molecular formula is C24H34N3O5Rb. The summed E-state index contributed by atoms with van der Waals surface area (Å²) in [5, 5.41) is 9.81. The van der Waals surface area contributed by atoms with Crippen molar-refractivity contribution < 1.29 is 83.5 Å². The molecule has 2 amide bonds. The smallest absolute Gasteiger partial charge is 0.625 e. The number of benzene rings is 1. The molecule has 33 heavy (non-hydrogen) atoms. The summed E-state index contributed by atoms with van der Waals surface area (Å²) < 4.78 is 5.14. The Morgan fingerprint density at radius 3 is 2.67 bits per heavy atom. The number of nitrogens with one attached hydrogen (secondary N) is 2. The molecule has 1 aromatic rings. The van der Waals surface area contributed by atoms with E-state index in [2.05, 4.69) is 16.0 Å². The van der Waals surface area contributed by atoms with Gasteiger partial charge in [-0.15, -0.1) is 5.69 Å². The zero-order valence-electron chi connectivity index (χ0n) is 19.7. The van der Waals surface area contributed by atoms with E-state index in [-0.39, 0.29) is 84.5 Å². The number of Topliss-reactive ketones (excluding diaryl/α,β-unsaturated/α-hetero) is 1. The van der Waals surface area contributed by atoms with Crippen molar-refractivity contribution in [3.8, 4) is 0 Å². The van der Waals surface area contributed by atoms with E-state index in [9.17, 15) is 19.2 Å². The maximum atomic E-state index is 12.9. The minimum atomic E-state index is -0.524. The van der Waals surface area contributed by atoms with E-state index >= 15 is 0 Å². The van der Waals surface area contributed by atoms with Crippen molar-refractivity contribution in [1.29, 1.82) is 0 Å². The minimum absolute atomic E-state index is 0. The van der Waals surface area contributed by atoms with Gasteiger partial charge in [-0.3, -0.25) is 9.59 Å². The maximum Gasteiger partial charge on any atom is 1.00 e. The first-order valence-electron chi connectivity index (χ1n) is 11.1. The van der Waals surface area contributed by atoms with Gasteiger partial charge >= 0.3 is 58.2 Å². The fourth-order valence-electron chi connectivity index (χ4n) is 3.54. The average molecular weight is 530 g/mol. The van der Waals surface area contributed by atoms with Crippen LogP contribution in [-0.2, 0) is 19.1 Å². The van der Waals surface area contributed by atoms with Crippen molar-refractivity contribution in [3.63, 3.8) is 0 Å². The minimum Gasteiger partial charge on any atom is -0.625 e. The van der Waals surface area contributed by atoms with Crippen LogP contribution in [0.4, 0.5) is 5.69 Å². The molecule has 176 valence electrons. The Morgan fingerprint density at radius 1 is 1.12 bits per heavy atom. The monoisotopic (exact) mass is 529 g/mol. The molecule has 0 atom stereocenters. The Bertz CT molecular complexity index is 848. The fraction of sp³-hybridized carbons (Fsp3) is 0.500. The summed E-state index contributed by atoms with van der Waals surface area (Å²) in [6.07, 6.45) is 7.55. The summed E-state index contributed by atoms with van der Waals surface area (Å²) in [5.74, 6) is -0.872. The van der Waals surface area contributed by atoms with Crippen molar-refractivity contribution in [2.75, 3.05) is 26.8 Å². The van der Waals surface area contributed by atoms with E-state index in [0.717, 1.165) is 62.5 Å². The van der Waals surface area contributed by atoms with Crippen LogP contribution < -0.4 is 68.8 Å². The zero-order chi connectivity index (χ0) is 23.2. The van der Waals surface area contributed by atoms with E-state index in [4.69, 9.17) is 4.74 Å². The fourth-order valence-corrected chi connectivity index (χ4v) is 3.54. The van der Waals surface area contributed by atoms with Crippen molar-refractivity contribution in [3.05, 3.63) is 46.4 Å². The Kier molecular flexibility index (Phi) is 15.6. The Morgan fingerprint density at radius 2 is 1.91 bits per heavy atom. The standard InChI is InChI=1S/C24H33N3O5.Rb.H2/c1-25-21-12-5-4-11-20(21)24(31)18-9-8-10-19(15-18)27-23(30)17-32-16-22(29)26-13-6-2-3-7-14-28;;/h8-10,14-15H,2-7,11-13,16-17H2,1H3,(H3,25,26,27,29,30,31);;1H/q;+1;/p-1. The average Bonchev–Trinajstić information content (AvgIpc) is 2.81. The molecule has 8 nitrogen and oxygen atoms in total. The van der Waals surface area contributed by atoms with Crippen LogP contribution in [0.3, 0.4) is 0 Å². The number of carbonyl (C=O) groups is 4. The molecule has 1 aromatic carbocycles. The van der Waals surface area contributed by atoms with Crippen LogP contribution in [-0.4, -0.2) is 50.7 Å². The third-order valence-electron chi connectivity index (χ3n) is 5.19. The van der Waals surface area contributed by atoms with Gasteiger partial charge in [0.25, 0.3) is 0 Å². The van der Waals surface area contributed by atoms with Gasteiger partial charge in [0.15, 0.2) is 5.78 Å². The van der Waals surface area contributed by atoms with Crippen LogP contribution in [0, 0.1) is 0 Å². The van der Waals surface area contributed by atoms with Crippen LogP contribution >= 0.6 is 0 Å². The van der Waals surface area contributed by atoms with Crippen LogP contribution in [0.2, 0.25) is 0 Å². The number of hydrogen-bond acceptors (Lipinski definition) is 6. The molecule has 0 aromatic heterocycles. The summed E-state index contributed by atoms with van der Waals surface area (Å²) >= 11 is 0. The summed E-state index contributed by atoms with van der Waals surface area (Å²) in [4.78, 5) is 46.9. The van der Waals surface area contributed by atoms with Gasteiger partial charge < -0.3 is 30.3 Å². The Labute approximate surface area is 245 Å². The summed E-state index contributed by atoms with van der Waals surface area (Å²) in [6.45, 7) is -0.0407. The summed E-state index contributed by atoms with van der Waals surface area (Å²) in [7, 11) is 1.83. The molecule has 0 saturated heterocycles. The van der Waals surface area contributed by atoms with E-state index in [1.165, 1.54) is 0 Å². The second kappa shape index (κ2) is 17.3. The summed E-state index contributed by atoms with van der Waals surface area (Å²) in [6, 6.07) is 6.68. The van der Waals surface area contributed by atoms with Crippen molar-refractivity contribution in [1.82, 2.24) is 10.6 Å². The molecule has 0 fully saturated rings. The number of unbranched alkanes of at least 4 members (excludes halogenated alkanes) is 3. The van der Waals surface area contributed by atoms with Gasteiger partial charge in [0.2, 0.25) is 5.91 Å². The van der Waals surface area contributed by atoms with E-state index in [1.807, 2.05) is 7.05 Å². The second-order valence-electron chi connectivity index (χ2n) is 7.66. The predicted octanol–water partition coefficient (Wildman–Crippen LogP) is 0.591. The zero-order valence-corrected chi connectivity index (χ0v) is 24.6. The molecular weight excluding hydrogens is 496 g/mol. The molecule has 2 N–H and O–H groups in total. The molecule has 2 rings (SSSR count). The number of aldehydes is 1. The van der Waals surface area contributed by atoms with Crippen LogP contribution in [0.5, 0.6) is 0 Å². The normalized spacial score (nSPS) is 13.0. The number of rotatable bonds is 14.